The summed E-state index contributed by atoms with van der Waals surface area (Å²) in [6.07, 6.45) is -6.67. The highest BCUT2D eigenvalue weighted by Crippen LogP contribution is 2.52. The number of fused-ring (bicyclic) bond motifs is 2. The minimum Gasteiger partial charge on any atom is -0.475 e. The van der Waals surface area contributed by atoms with Crippen molar-refractivity contribution in [3.63, 3.8) is 0 Å². The number of carboxylic acid groups (broad SMARTS) is 1. The molecule has 1 aromatic heterocycles. The molecule has 3 amide bonds. The largest absolute Gasteiger partial charge is 0.490 e. The molecule has 9 nitrogen and oxygen atoms in total. The molecule has 0 aliphatic carbocycles. The number of benzene rings is 1. The number of nitrogens with one attached hydrogen (secondary N) is 1. The molecule has 0 radical (unpaired) electrons. The first-order chi connectivity index (χ1) is 19.0. The summed E-state index contributed by atoms with van der Waals surface area (Å²) in [6.45, 7) is 0.889. The number of piperidine rings is 1. The van der Waals surface area contributed by atoms with E-state index in [0.717, 1.165) is 22.7 Å². The lowest BCUT2D eigenvalue weighted by molar-refractivity contribution is -0.192. The summed E-state index contributed by atoms with van der Waals surface area (Å²) in [4.78, 5) is 51.8. The summed E-state index contributed by atoms with van der Waals surface area (Å²) in [5.74, 6) is -5.61. The molecule has 15 heteroatoms. The molecule has 4 heterocycles. The van der Waals surface area contributed by atoms with Crippen molar-refractivity contribution in [1.29, 1.82) is 0 Å². The Bertz CT molecular complexity index is 1360. The molecule has 1 aromatic carbocycles. The average molecular weight is 589 g/mol. The van der Waals surface area contributed by atoms with Gasteiger partial charge in [-0.3, -0.25) is 24.6 Å². The standard InChI is InChI=1S/C24H25F3N4O3.C2HF3O2/c1-29-11-3-5-16(29)13-31-12-4-10-23(22(31)34)18-17(20(32)30(2)21(18)33)19(28-23)14-6-8-15(9-7-14)24(25,26)27;3-2(4,5)1(6)7/h3,5-9,11,17-19,28H,4,10,12-13H2,1-2H3;(H,6,7)/t17-,18-,19-,23-;/m1./s1. The van der Waals surface area contributed by atoms with Gasteiger partial charge in [0.05, 0.1) is 23.9 Å². The van der Waals surface area contributed by atoms with Crippen LogP contribution in [0, 0.1) is 11.8 Å². The number of hydrogen-bond donors (Lipinski definition) is 2. The van der Waals surface area contributed by atoms with Crippen LogP contribution in [0.2, 0.25) is 0 Å². The maximum Gasteiger partial charge on any atom is 0.490 e. The van der Waals surface area contributed by atoms with E-state index in [1.165, 1.54) is 19.2 Å². The predicted molar refractivity (Wildman–Crippen MR) is 129 cm³/mol. The summed E-state index contributed by atoms with van der Waals surface area (Å²) >= 11 is 0. The Morgan fingerprint density at radius 2 is 1.63 bits per heavy atom. The van der Waals surface area contributed by atoms with E-state index in [1.807, 2.05) is 29.9 Å². The normalized spacial score (nSPS) is 26.3. The molecule has 0 unspecified atom stereocenters. The first-order valence-corrected chi connectivity index (χ1v) is 12.4. The smallest absolute Gasteiger partial charge is 0.475 e. The van der Waals surface area contributed by atoms with Crippen LogP contribution < -0.4 is 5.32 Å². The van der Waals surface area contributed by atoms with Crippen molar-refractivity contribution in [2.45, 2.75) is 43.3 Å². The third-order valence-corrected chi connectivity index (χ3v) is 7.79. The van der Waals surface area contributed by atoms with Gasteiger partial charge in [-0.2, -0.15) is 26.3 Å². The second-order valence-corrected chi connectivity index (χ2v) is 10.2. The second-order valence-electron chi connectivity index (χ2n) is 10.2. The summed E-state index contributed by atoms with van der Waals surface area (Å²) in [7, 11) is 3.29. The number of carbonyl (C=O) groups is 4. The number of nitrogens with zero attached hydrogens (tertiary/aromatic N) is 3. The highest BCUT2D eigenvalue weighted by molar-refractivity contribution is 6.10. The van der Waals surface area contributed by atoms with Crippen LogP contribution in [0.1, 0.15) is 35.7 Å². The van der Waals surface area contributed by atoms with Crippen molar-refractivity contribution in [3.05, 3.63) is 59.4 Å². The first kappa shape index (κ1) is 30.1. The Labute approximate surface area is 229 Å². The lowest BCUT2D eigenvalue weighted by atomic mass is 9.74. The minimum atomic E-state index is -5.08. The van der Waals surface area contributed by atoms with Crippen LogP contribution in [0.4, 0.5) is 26.3 Å². The molecule has 3 fully saturated rings. The number of alkyl halides is 6. The number of halogens is 6. The summed E-state index contributed by atoms with van der Waals surface area (Å²) < 4.78 is 72.9. The third-order valence-electron chi connectivity index (χ3n) is 7.79. The number of aryl methyl sites for hydroxylation is 1. The van der Waals surface area contributed by atoms with E-state index < -0.39 is 59.1 Å². The van der Waals surface area contributed by atoms with E-state index in [0.29, 0.717) is 31.5 Å². The Hall–Kier alpha value is -3.88. The van der Waals surface area contributed by atoms with Gasteiger partial charge in [0, 0.05) is 38.6 Å². The number of likely N-dealkylation sites (tertiary alicyclic amines) is 2. The van der Waals surface area contributed by atoms with Gasteiger partial charge in [0.15, 0.2) is 0 Å². The van der Waals surface area contributed by atoms with Gasteiger partial charge in [-0.1, -0.05) is 12.1 Å². The van der Waals surface area contributed by atoms with Gasteiger partial charge in [-0.25, -0.2) is 4.79 Å². The molecule has 3 saturated heterocycles. The number of carbonyl (C=O) groups excluding carboxylic acids is 3. The fourth-order valence-corrected chi connectivity index (χ4v) is 5.79. The first-order valence-electron chi connectivity index (χ1n) is 12.4. The second kappa shape index (κ2) is 10.5. The van der Waals surface area contributed by atoms with Gasteiger partial charge < -0.3 is 14.6 Å². The summed E-state index contributed by atoms with van der Waals surface area (Å²) in [5.41, 5.74) is -0.693. The van der Waals surface area contributed by atoms with Gasteiger partial charge >= 0.3 is 18.3 Å². The maximum atomic E-state index is 13.9. The van der Waals surface area contributed by atoms with Crippen molar-refractivity contribution >= 4 is 23.7 Å². The highest BCUT2D eigenvalue weighted by Gasteiger charge is 2.68. The molecule has 222 valence electrons. The minimum absolute atomic E-state index is 0.249. The fraction of sp³-hybridized carbons (Fsp3) is 0.462. The van der Waals surface area contributed by atoms with E-state index >= 15 is 0 Å². The van der Waals surface area contributed by atoms with Crippen LogP contribution in [-0.2, 0) is 38.9 Å². The molecule has 2 N–H and O–H groups in total. The van der Waals surface area contributed by atoms with Crippen molar-refractivity contribution < 1.29 is 50.6 Å². The number of rotatable bonds is 3. The Balaban J connectivity index is 0.000000493. The van der Waals surface area contributed by atoms with E-state index in [2.05, 4.69) is 5.32 Å². The topological polar surface area (TPSA) is 112 Å². The van der Waals surface area contributed by atoms with Crippen LogP contribution in [0.5, 0.6) is 0 Å². The Morgan fingerprint density at radius 1 is 1.02 bits per heavy atom. The zero-order valence-corrected chi connectivity index (χ0v) is 21.8. The zero-order valence-electron chi connectivity index (χ0n) is 21.8. The number of carboxylic acids is 1. The van der Waals surface area contributed by atoms with E-state index in [1.54, 1.807) is 4.90 Å². The molecular weight excluding hydrogens is 562 g/mol. The molecule has 5 rings (SSSR count). The van der Waals surface area contributed by atoms with E-state index in [-0.39, 0.29) is 5.91 Å². The molecule has 0 saturated carbocycles. The fourth-order valence-electron chi connectivity index (χ4n) is 5.79. The van der Waals surface area contributed by atoms with Gasteiger partial charge in [-0.05, 0) is 42.7 Å². The Kier molecular flexibility index (Phi) is 7.71. The van der Waals surface area contributed by atoms with Gasteiger partial charge in [0.2, 0.25) is 17.7 Å². The quantitative estimate of drug-likeness (QED) is 0.421. The number of aromatic nitrogens is 1. The lowest BCUT2D eigenvalue weighted by Crippen LogP contribution is -2.63. The molecule has 1 spiro atoms. The molecule has 41 heavy (non-hydrogen) atoms. The van der Waals surface area contributed by atoms with Crippen molar-refractivity contribution in [2.75, 3.05) is 13.6 Å². The SMILES string of the molecule is CN1C(=O)[C@H]2[C@@H](c3ccc(C(F)(F)F)cc3)N[C@]3(CCCN(Cc4cccn4C)C3=O)[C@H]2C1=O.O=C(O)C(F)(F)F. The zero-order chi connectivity index (χ0) is 30.5. The molecule has 2 aromatic rings. The monoisotopic (exact) mass is 588 g/mol. The van der Waals surface area contributed by atoms with Crippen molar-refractivity contribution in [2.24, 2.45) is 18.9 Å². The average Bonchev–Trinajstić information content (AvgIpc) is 3.52. The molecule has 4 atom stereocenters. The number of imide groups is 1. The maximum absolute atomic E-state index is 13.9. The van der Waals surface area contributed by atoms with Crippen LogP contribution in [0.15, 0.2) is 42.6 Å². The lowest BCUT2D eigenvalue weighted by Gasteiger charge is -2.42. The van der Waals surface area contributed by atoms with Crippen LogP contribution in [0.25, 0.3) is 0 Å². The van der Waals surface area contributed by atoms with Gasteiger partial charge in [0.1, 0.15) is 5.54 Å². The van der Waals surface area contributed by atoms with Crippen LogP contribution in [-0.4, -0.2) is 68.5 Å². The summed E-state index contributed by atoms with van der Waals surface area (Å²) in [5, 5.41) is 10.4. The van der Waals surface area contributed by atoms with Gasteiger partial charge in [0.25, 0.3) is 0 Å². The van der Waals surface area contributed by atoms with Gasteiger partial charge in [-0.15, -0.1) is 0 Å². The summed E-state index contributed by atoms with van der Waals surface area (Å²) in [6, 6.07) is 7.63. The third kappa shape index (κ3) is 5.42. The van der Waals surface area contributed by atoms with Crippen molar-refractivity contribution in [3.8, 4) is 0 Å². The molecular formula is C26H26F6N4O5. The number of aliphatic carboxylic acids is 1. The van der Waals surface area contributed by atoms with E-state index in [4.69, 9.17) is 9.90 Å². The number of amides is 3. The van der Waals surface area contributed by atoms with Crippen LogP contribution in [0.3, 0.4) is 0 Å². The van der Waals surface area contributed by atoms with Crippen LogP contribution >= 0.6 is 0 Å². The molecule has 3 aliphatic rings. The molecule has 3 aliphatic heterocycles. The molecule has 0 bridgehead atoms. The highest BCUT2D eigenvalue weighted by atomic mass is 19.4. The van der Waals surface area contributed by atoms with E-state index in [9.17, 15) is 40.7 Å². The number of hydrogen-bond acceptors (Lipinski definition) is 5. The predicted octanol–water partition coefficient (Wildman–Crippen LogP) is 3.11. The Morgan fingerprint density at radius 3 is 2.15 bits per heavy atom. The van der Waals surface area contributed by atoms with Crippen molar-refractivity contribution in [1.82, 2.24) is 19.7 Å².